The van der Waals surface area contributed by atoms with E-state index in [4.69, 9.17) is 20.6 Å². The molecule has 0 unspecified atom stereocenters. The lowest BCUT2D eigenvalue weighted by Crippen LogP contribution is -2.45. The van der Waals surface area contributed by atoms with Crippen molar-refractivity contribution in [1.29, 1.82) is 5.41 Å². The monoisotopic (exact) mass is 422 g/mol. The highest BCUT2D eigenvalue weighted by molar-refractivity contribution is 6.13. The Bertz CT molecular complexity index is 1110. The summed E-state index contributed by atoms with van der Waals surface area (Å²) in [5.41, 5.74) is 10.2. The molecule has 3 N–H and O–H groups in total. The summed E-state index contributed by atoms with van der Waals surface area (Å²) in [6.45, 7) is 5.67. The molecule has 1 aliphatic rings. The number of pyridine rings is 1. The first-order valence-electron chi connectivity index (χ1n) is 10.3. The third-order valence-electron chi connectivity index (χ3n) is 5.46. The van der Waals surface area contributed by atoms with Crippen molar-refractivity contribution in [3.05, 3.63) is 53.9 Å². The average Bonchev–Trinajstić information content (AvgIpc) is 3.14. The molecule has 1 saturated heterocycles. The van der Waals surface area contributed by atoms with E-state index >= 15 is 0 Å². The number of nitrogens with zero attached hydrogens (tertiary/aromatic N) is 4. The molecule has 1 aromatic carbocycles. The summed E-state index contributed by atoms with van der Waals surface area (Å²) in [7, 11) is 3.45. The lowest BCUT2D eigenvalue weighted by molar-refractivity contribution is -0.00548. The number of anilines is 2. The Balaban J connectivity index is 0.00000289. The second-order valence-corrected chi connectivity index (χ2v) is 7.91. The highest BCUT2D eigenvalue weighted by atomic mass is 16.5. The third kappa shape index (κ3) is 4.11. The fraction of sp³-hybridized carbons (Fsp3) is 0.348. The minimum atomic E-state index is 0. The van der Waals surface area contributed by atoms with Crippen molar-refractivity contribution < 1.29 is 10.9 Å². The minimum absolute atomic E-state index is 0. The maximum absolute atomic E-state index is 8.89. The van der Waals surface area contributed by atoms with Crippen LogP contribution in [0.15, 0.2) is 42.6 Å². The predicted molar refractivity (Wildman–Crippen MR) is 124 cm³/mol. The highest BCUT2D eigenvalue weighted by Gasteiger charge is 2.25. The van der Waals surface area contributed by atoms with Gasteiger partial charge in [-0.25, -0.2) is 4.98 Å². The number of nitrogen functional groups attached to an aromatic ring is 1. The topological polar surface area (TPSA) is 102 Å². The van der Waals surface area contributed by atoms with Crippen LogP contribution in [0.3, 0.4) is 0 Å². The summed E-state index contributed by atoms with van der Waals surface area (Å²) in [4.78, 5) is 6.48. The number of nitrogens with two attached hydrogens (primary N) is 1. The van der Waals surface area contributed by atoms with Gasteiger partial charge >= 0.3 is 0 Å². The molecule has 2 aromatic heterocycles. The number of morpholine rings is 1. The van der Waals surface area contributed by atoms with E-state index in [0.29, 0.717) is 28.5 Å². The van der Waals surface area contributed by atoms with Gasteiger partial charge in [-0.3, -0.25) is 10.1 Å². The zero-order chi connectivity index (χ0) is 22.1. The second kappa shape index (κ2) is 8.39. The Morgan fingerprint density at radius 3 is 2.68 bits per heavy atom. The standard InChI is InChI=1S/C23H28N6O2.H2/c1-14-12-29(13-15(2)31-14)21-11-20(28(3)27-21)22(25)18-10-16(7-8-19(18)24)17-6-5-9-26-23(17)30-4;/h5-11,14-15,25H,12-13,24H2,1-4H3;1H/t14-,15+;. The van der Waals surface area contributed by atoms with Crippen LogP contribution in [0.2, 0.25) is 0 Å². The maximum atomic E-state index is 8.89. The van der Waals surface area contributed by atoms with Crippen molar-refractivity contribution in [1.82, 2.24) is 14.8 Å². The summed E-state index contributed by atoms with van der Waals surface area (Å²) < 4.78 is 13.0. The molecule has 3 heterocycles. The van der Waals surface area contributed by atoms with Gasteiger partial charge < -0.3 is 20.1 Å². The summed E-state index contributed by atoms with van der Waals surface area (Å²) in [5.74, 6) is 1.37. The van der Waals surface area contributed by atoms with Gasteiger partial charge in [0.15, 0.2) is 5.82 Å². The number of hydrogen-bond acceptors (Lipinski definition) is 7. The Labute approximate surface area is 183 Å². The van der Waals surface area contributed by atoms with E-state index < -0.39 is 0 Å². The number of benzene rings is 1. The first-order valence-corrected chi connectivity index (χ1v) is 10.3. The van der Waals surface area contributed by atoms with Crippen LogP contribution in [-0.4, -0.2) is 52.9 Å². The SMILES string of the molecule is COc1ncccc1-c1ccc(N)c(C(=N)c2cc(N3C[C@@H](C)O[C@@H](C)C3)nn2C)c1.[HH]. The van der Waals surface area contributed by atoms with Gasteiger partial charge in [0.2, 0.25) is 5.88 Å². The van der Waals surface area contributed by atoms with Crippen molar-refractivity contribution in [2.24, 2.45) is 7.05 Å². The highest BCUT2D eigenvalue weighted by Crippen LogP contribution is 2.31. The first-order chi connectivity index (χ1) is 14.9. The van der Waals surface area contributed by atoms with E-state index in [1.165, 1.54) is 0 Å². The Morgan fingerprint density at radius 1 is 1.23 bits per heavy atom. The molecule has 0 aliphatic carbocycles. The molecule has 1 aliphatic heterocycles. The number of nitrogens with one attached hydrogen (secondary N) is 1. The number of methoxy groups -OCH3 is 1. The Kier molecular flexibility index (Phi) is 5.65. The fourth-order valence-electron chi connectivity index (χ4n) is 4.06. The maximum Gasteiger partial charge on any atom is 0.221 e. The van der Waals surface area contributed by atoms with Gasteiger partial charge in [0.1, 0.15) is 0 Å². The smallest absolute Gasteiger partial charge is 0.221 e. The zero-order valence-corrected chi connectivity index (χ0v) is 18.3. The average molecular weight is 423 g/mol. The van der Waals surface area contributed by atoms with Crippen molar-refractivity contribution in [3.63, 3.8) is 0 Å². The Morgan fingerprint density at radius 2 is 1.97 bits per heavy atom. The van der Waals surface area contributed by atoms with Gasteiger partial charge in [0.05, 0.1) is 30.7 Å². The molecule has 0 spiro atoms. The van der Waals surface area contributed by atoms with Crippen LogP contribution >= 0.6 is 0 Å². The largest absolute Gasteiger partial charge is 0.481 e. The van der Waals surface area contributed by atoms with Crippen LogP contribution in [0.5, 0.6) is 5.88 Å². The molecule has 4 rings (SSSR count). The van der Waals surface area contributed by atoms with Crippen molar-refractivity contribution >= 4 is 17.2 Å². The zero-order valence-electron chi connectivity index (χ0n) is 18.3. The van der Waals surface area contributed by atoms with Gasteiger partial charge in [0.25, 0.3) is 0 Å². The lowest BCUT2D eigenvalue weighted by Gasteiger charge is -2.35. The quantitative estimate of drug-likeness (QED) is 0.483. The normalized spacial score (nSPS) is 18.8. The summed E-state index contributed by atoms with van der Waals surface area (Å²) >= 11 is 0. The van der Waals surface area contributed by atoms with E-state index in [2.05, 4.69) is 28.8 Å². The molecule has 0 saturated carbocycles. The van der Waals surface area contributed by atoms with E-state index in [-0.39, 0.29) is 13.6 Å². The molecular formula is C23H30N6O2. The molecule has 164 valence electrons. The molecule has 3 aromatic rings. The molecule has 2 atom stereocenters. The lowest BCUT2D eigenvalue weighted by atomic mass is 9.98. The molecule has 8 nitrogen and oxygen atoms in total. The number of ether oxygens (including phenoxy) is 2. The molecule has 1 fully saturated rings. The van der Waals surface area contributed by atoms with Gasteiger partial charge in [-0.1, -0.05) is 6.07 Å². The van der Waals surface area contributed by atoms with Crippen LogP contribution in [0.25, 0.3) is 11.1 Å². The van der Waals surface area contributed by atoms with Crippen LogP contribution in [-0.2, 0) is 11.8 Å². The number of rotatable bonds is 5. The molecular weight excluding hydrogens is 392 g/mol. The fourth-order valence-corrected chi connectivity index (χ4v) is 4.06. The van der Waals surface area contributed by atoms with E-state index in [1.807, 2.05) is 43.4 Å². The van der Waals surface area contributed by atoms with Crippen LogP contribution in [0, 0.1) is 5.41 Å². The van der Waals surface area contributed by atoms with Gasteiger partial charge in [0, 0.05) is 50.6 Å². The Hall–Kier alpha value is -3.39. The van der Waals surface area contributed by atoms with Crippen molar-refractivity contribution in [2.45, 2.75) is 26.1 Å². The van der Waals surface area contributed by atoms with Gasteiger partial charge in [-0.05, 0) is 43.7 Å². The molecule has 0 bridgehead atoms. The summed E-state index contributed by atoms with van der Waals surface area (Å²) in [6, 6.07) is 11.4. The predicted octanol–water partition coefficient (Wildman–Crippen LogP) is 3.35. The summed E-state index contributed by atoms with van der Waals surface area (Å²) in [5, 5.41) is 13.5. The molecule has 0 radical (unpaired) electrons. The molecule has 31 heavy (non-hydrogen) atoms. The molecule has 0 amide bonds. The number of hydrogen-bond donors (Lipinski definition) is 2. The van der Waals surface area contributed by atoms with E-state index in [9.17, 15) is 0 Å². The van der Waals surface area contributed by atoms with Crippen LogP contribution in [0.1, 0.15) is 26.5 Å². The van der Waals surface area contributed by atoms with E-state index in [1.54, 1.807) is 18.0 Å². The summed E-state index contributed by atoms with van der Waals surface area (Å²) in [6.07, 6.45) is 1.96. The van der Waals surface area contributed by atoms with Gasteiger partial charge in [-0.2, -0.15) is 5.10 Å². The number of aryl methyl sites for hydroxylation is 1. The third-order valence-corrected chi connectivity index (χ3v) is 5.46. The van der Waals surface area contributed by atoms with Crippen LogP contribution < -0.4 is 15.4 Å². The van der Waals surface area contributed by atoms with Gasteiger partial charge in [-0.15, -0.1) is 0 Å². The second-order valence-electron chi connectivity index (χ2n) is 7.91. The van der Waals surface area contributed by atoms with Crippen molar-refractivity contribution in [3.8, 4) is 17.0 Å². The minimum Gasteiger partial charge on any atom is -0.481 e. The molecule has 8 heteroatoms. The van der Waals surface area contributed by atoms with Crippen molar-refractivity contribution in [2.75, 3.05) is 30.8 Å². The first kappa shape index (κ1) is 20.9. The van der Waals surface area contributed by atoms with E-state index in [0.717, 1.165) is 30.0 Å². The van der Waals surface area contributed by atoms with Crippen LogP contribution in [0.4, 0.5) is 11.5 Å². The number of aromatic nitrogens is 3.